The molecule has 0 aliphatic heterocycles. The zero-order chi connectivity index (χ0) is 12.4. The number of anilines is 2. The van der Waals surface area contributed by atoms with Crippen molar-refractivity contribution >= 4 is 40.7 Å². The summed E-state index contributed by atoms with van der Waals surface area (Å²) in [4.78, 5) is 11.7. The van der Waals surface area contributed by atoms with E-state index in [-0.39, 0.29) is 11.6 Å². The first kappa shape index (κ1) is 11.8. The number of hydrogen-bond donors (Lipinski definition) is 2. The van der Waals surface area contributed by atoms with Gasteiger partial charge in [0, 0.05) is 11.1 Å². The number of furan rings is 1. The van der Waals surface area contributed by atoms with E-state index in [1.165, 1.54) is 18.2 Å². The molecule has 1 aromatic carbocycles. The van der Waals surface area contributed by atoms with Crippen molar-refractivity contribution in [2.75, 3.05) is 11.1 Å². The Morgan fingerprint density at radius 2 is 2.00 bits per heavy atom. The Morgan fingerprint density at radius 3 is 2.59 bits per heavy atom. The molecule has 0 fully saturated rings. The number of nitrogens with two attached hydrogens (primary N) is 1. The van der Waals surface area contributed by atoms with Crippen LogP contribution in [-0.4, -0.2) is 5.91 Å². The van der Waals surface area contributed by atoms with Crippen LogP contribution >= 0.6 is 23.2 Å². The SMILES string of the molecule is Nc1ccc(C(=O)Nc2ccc(Cl)cc2Cl)o1. The molecule has 0 saturated heterocycles. The van der Waals surface area contributed by atoms with Gasteiger partial charge >= 0.3 is 0 Å². The number of hydrogen-bond acceptors (Lipinski definition) is 3. The van der Waals surface area contributed by atoms with Crippen molar-refractivity contribution in [2.45, 2.75) is 0 Å². The standard InChI is InChI=1S/C11H8Cl2N2O2/c12-6-1-2-8(7(13)5-6)15-11(16)9-3-4-10(14)17-9/h1-5H,14H2,(H,15,16). The molecular formula is C11H8Cl2N2O2. The summed E-state index contributed by atoms with van der Waals surface area (Å²) in [5.74, 6) is -0.128. The third-order valence-electron chi connectivity index (χ3n) is 2.03. The van der Waals surface area contributed by atoms with Gasteiger partial charge in [-0.05, 0) is 24.3 Å². The van der Waals surface area contributed by atoms with Gasteiger partial charge in [0.1, 0.15) is 0 Å². The van der Waals surface area contributed by atoms with Crippen molar-refractivity contribution in [1.29, 1.82) is 0 Å². The van der Waals surface area contributed by atoms with Gasteiger partial charge in [-0.2, -0.15) is 0 Å². The van der Waals surface area contributed by atoms with Crippen LogP contribution in [0.4, 0.5) is 11.6 Å². The first-order valence-electron chi connectivity index (χ1n) is 4.68. The zero-order valence-corrected chi connectivity index (χ0v) is 10.0. The van der Waals surface area contributed by atoms with Crippen LogP contribution in [0.15, 0.2) is 34.7 Å². The summed E-state index contributed by atoms with van der Waals surface area (Å²) < 4.78 is 4.98. The maximum absolute atomic E-state index is 11.7. The Hall–Kier alpha value is -1.65. The molecule has 2 rings (SSSR count). The number of carbonyl (C=O) groups excluding carboxylic acids is 1. The molecule has 0 spiro atoms. The number of nitrogens with one attached hydrogen (secondary N) is 1. The number of nitrogen functional groups attached to an aromatic ring is 1. The monoisotopic (exact) mass is 270 g/mol. The van der Waals surface area contributed by atoms with Gasteiger partial charge in [0.15, 0.2) is 11.6 Å². The third-order valence-corrected chi connectivity index (χ3v) is 2.58. The van der Waals surface area contributed by atoms with Crippen LogP contribution in [-0.2, 0) is 0 Å². The lowest BCUT2D eigenvalue weighted by Crippen LogP contribution is -2.11. The maximum Gasteiger partial charge on any atom is 0.291 e. The molecular weight excluding hydrogens is 263 g/mol. The highest BCUT2D eigenvalue weighted by molar-refractivity contribution is 6.36. The first-order chi connectivity index (χ1) is 8.06. The van der Waals surface area contributed by atoms with Crippen LogP contribution in [0.3, 0.4) is 0 Å². The second-order valence-electron chi connectivity index (χ2n) is 3.28. The van der Waals surface area contributed by atoms with E-state index >= 15 is 0 Å². The molecule has 1 heterocycles. The second kappa shape index (κ2) is 4.69. The molecule has 0 bridgehead atoms. The van der Waals surface area contributed by atoms with Crippen molar-refractivity contribution < 1.29 is 9.21 Å². The van der Waals surface area contributed by atoms with Crippen LogP contribution in [0.2, 0.25) is 10.0 Å². The van der Waals surface area contributed by atoms with E-state index in [4.69, 9.17) is 33.4 Å². The van der Waals surface area contributed by atoms with Crippen molar-refractivity contribution in [3.05, 3.63) is 46.1 Å². The van der Waals surface area contributed by atoms with Gasteiger partial charge in [-0.3, -0.25) is 4.79 Å². The first-order valence-corrected chi connectivity index (χ1v) is 5.43. The molecule has 88 valence electrons. The summed E-state index contributed by atoms with van der Waals surface area (Å²) in [5.41, 5.74) is 5.82. The summed E-state index contributed by atoms with van der Waals surface area (Å²) in [5, 5.41) is 3.44. The summed E-state index contributed by atoms with van der Waals surface area (Å²) >= 11 is 11.7. The van der Waals surface area contributed by atoms with Crippen molar-refractivity contribution in [2.24, 2.45) is 0 Å². The zero-order valence-electron chi connectivity index (χ0n) is 8.54. The van der Waals surface area contributed by atoms with E-state index in [1.807, 2.05) is 0 Å². The van der Waals surface area contributed by atoms with Gasteiger partial charge in [0.25, 0.3) is 5.91 Å². The van der Waals surface area contributed by atoms with E-state index in [0.29, 0.717) is 15.7 Å². The Bertz CT molecular complexity index is 566. The highest BCUT2D eigenvalue weighted by Crippen LogP contribution is 2.26. The lowest BCUT2D eigenvalue weighted by Gasteiger charge is -2.05. The molecule has 0 aliphatic carbocycles. The average Bonchev–Trinajstić information content (AvgIpc) is 2.69. The molecule has 0 atom stereocenters. The van der Waals surface area contributed by atoms with Crippen LogP contribution in [0.1, 0.15) is 10.6 Å². The molecule has 3 N–H and O–H groups in total. The minimum absolute atomic E-state index is 0.119. The highest BCUT2D eigenvalue weighted by Gasteiger charge is 2.12. The summed E-state index contributed by atoms with van der Waals surface area (Å²) in [6.07, 6.45) is 0. The minimum atomic E-state index is -0.425. The number of halogens is 2. The number of carbonyl (C=O) groups is 1. The van der Waals surface area contributed by atoms with E-state index in [1.54, 1.807) is 12.1 Å². The molecule has 2 aromatic rings. The Kier molecular flexibility index (Phi) is 3.26. The predicted octanol–water partition coefficient (Wildman–Crippen LogP) is 3.42. The molecule has 6 heteroatoms. The summed E-state index contributed by atoms with van der Waals surface area (Å²) in [7, 11) is 0. The molecule has 1 amide bonds. The second-order valence-corrected chi connectivity index (χ2v) is 4.12. The fraction of sp³-hybridized carbons (Fsp3) is 0. The van der Waals surface area contributed by atoms with E-state index < -0.39 is 5.91 Å². The number of rotatable bonds is 2. The lowest BCUT2D eigenvalue weighted by atomic mass is 10.3. The molecule has 0 unspecified atom stereocenters. The quantitative estimate of drug-likeness (QED) is 0.879. The molecule has 0 aliphatic rings. The minimum Gasteiger partial charge on any atom is -0.436 e. The third kappa shape index (κ3) is 2.72. The Labute approximate surface area is 107 Å². The molecule has 4 nitrogen and oxygen atoms in total. The van der Waals surface area contributed by atoms with Crippen LogP contribution < -0.4 is 11.1 Å². The van der Waals surface area contributed by atoms with Crippen molar-refractivity contribution in [3.8, 4) is 0 Å². The fourth-order valence-corrected chi connectivity index (χ4v) is 1.71. The smallest absolute Gasteiger partial charge is 0.291 e. The van der Waals surface area contributed by atoms with E-state index in [0.717, 1.165) is 0 Å². The van der Waals surface area contributed by atoms with Gasteiger partial charge in [0.05, 0.1) is 10.7 Å². The van der Waals surface area contributed by atoms with Crippen molar-refractivity contribution in [3.63, 3.8) is 0 Å². The normalized spacial score (nSPS) is 10.2. The molecule has 0 saturated carbocycles. The maximum atomic E-state index is 11.7. The van der Waals surface area contributed by atoms with E-state index in [2.05, 4.69) is 5.32 Å². The number of amides is 1. The van der Waals surface area contributed by atoms with Crippen molar-refractivity contribution in [1.82, 2.24) is 0 Å². The van der Waals surface area contributed by atoms with Gasteiger partial charge in [0.2, 0.25) is 0 Å². The fourth-order valence-electron chi connectivity index (χ4n) is 1.25. The molecule has 0 radical (unpaired) electrons. The van der Waals surface area contributed by atoms with E-state index in [9.17, 15) is 4.79 Å². The summed E-state index contributed by atoms with van der Waals surface area (Å²) in [6, 6.07) is 7.75. The molecule has 1 aromatic heterocycles. The summed E-state index contributed by atoms with van der Waals surface area (Å²) in [6.45, 7) is 0. The Balaban J connectivity index is 2.18. The molecule has 17 heavy (non-hydrogen) atoms. The largest absolute Gasteiger partial charge is 0.436 e. The van der Waals surface area contributed by atoms with Gasteiger partial charge in [-0.1, -0.05) is 23.2 Å². The number of benzene rings is 1. The van der Waals surface area contributed by atoms with Gasteiger partial charge in [-0.15, -0.1) is 0 Å². The topological polar surface area (TPSA) is 68.3 Å². The van der Waals surface area contributed by atoms with Crippen LogP contribution in [0, 0.1) is 0 Å². The highest BCUT2D eigenvalue weighted by atomic mass is 35.5. The van der Waals surface area contributed by atoms with Gasteiger partial charge in [-0.25, -0.2) is 0 Å². The lowest BCUT2D eigenvalue weighted by molar-refractivity contribution is 0.0997. The average molecular weight is 271 g/mol. The van der Waals surface area contributed by atoms with Crippen LogP contribution in [0.5, 0.6) is 0 Å². The van der Waals surface area contributed by atoms with Gasteiger partial charge < -0.3 is 15.5 Å². The Morgan fingerprint density at radius 1 is 1.24 bits per heavy atom. The van der Waals surface area contributed by atoms with Crippen LogP contribution in [0.25, 0.3) is 0 Å². The predicted molar refractivity (Wildman–Crippen MR) is 67.5 cm³/mol.